The molecule has 7 nitrogen and oxygen atoms in total. The third-order valence-electron chi connectivity index (χ3n) is 6.43. The minimum absolute atomic E-state index is 0.0482. The fourth-order valence-electron chi connectivity index (χ4n) is 4.43. The van der Waals surface area contributed by atoms with Crippen LogP contribution in [0.4, 0.5) is 24.7 Å². The molecule has 1 aliphatic rings. The lowest BCUT2D eigenvalue weighted by Gasteiger charge is -2.36. The highest BCUT2D eigenvalue weighted by molar-refractivity contribution is 6.05. The number of rotatable bonds is 8. The fraction of sp³-hybridized carbons (Fsp3) is 0.357. The number of halogens is 3. The Hall–Kier alpha value is -3.79. The maximum atomic E-state index is 15.7. The van der Waals surface area contributed by atoms with Crippen LogP contribution in [-0.4, -0.2) is 47.2 Å². The van der Waals surface area contributed by atoms with Gasteiger partial charge < -0.3 is 10.1 Å². The summed E-state index contributed by atoms with van der Waals surface area (Å²) in [5.41, 5.74) is 0.668. The Labute approximate surface area is 219 Å². The number of benzene rings is 1. The van der Waals surface area contributed by atoms with Crippen molar-refractivity contribution >= 4 is 23.3 Å². The summed E-state index contributed by atoms with van der Waals surface area (Å²) in [6, 6.07) is 9.46. The Balaban J connectivity index is 1.65. The van der Waals surface area contributed by atoms with E-state index in [0.717, 1.165) is 24.1 Å². The van der Waals surface area contributed by atoms with E-state index in [1.165, 1.54) is 17.2 Å². The van der Waals surface area contributed by atoms with Crippen LogP contribution in [-0.2, 0) is 21.9 Å². The molecule has 0 bridgehead atoms. The molecule has 1 atom stereocenters. The molecular formula is C28H29F3N4O3. The number of amides is 2. The van der Waals surface area contributed by atoms with Gasteiger partial charge in [0.1, 0.15) is 11.5 Å². The highest BCUT2D eigenvalue weighted by Crippen LogP contribution is 2.37. The van der Waals surface area contributed by atoms with Gasteiger partial charge in [0.25, 0.3) is 17.7 Å². The second-order valence-corrected chi connectivity index (χ2v) is 9.34. The first kappa shape index (κ1) is 27.3. The number of carbonyl (C=O) groups excluding carboxylic acids is 2. The molecular weight excluding hydrogens is 497 g/mol. The van der Waals surface area contributed by atoms with E-state index in [1.54, 1.807) is 44.3 Å². The van der Waals surface area contributed by atoms with Gasteiger partial charge in [0.05, 0.1) is 6.61 Å². The average Bonchev–Trinajstić information content (AvgIpc) is 2.89. The molecule has 38 heavy (non-hydrogen) atoms. The summed E-state index contributed by atoms with van der Waals surface area (Å²) >= 11 is 0. The molecule has 0 saturated heterocycles. The van der Waals surface area contributed by atoms with Crippen molar-refractivity contribution in [1.29, 1.82) is 0 Å². The van der Waals surface area contributed by atoms with E-state index in [1.807, 2.05) is 6.92 Å². The number of nitrogens with one attached hydrogen (secondary N) is 1. The van der Waals surface area contributed by atoms with Crippen LogP contribution in [0.3, 0.4) is 0 Å². The van der Waals surface area contributed by atoms with Gasteiger partial charge in [-0.1, -0.05) is 6.07 Å². The van der Waals surface area contributed by atoms with Gasteiger partial charge in [-0.05, 0) is 67.8 Å². The van der Waals surface area contributed by atoms with Gasteiger partial charge in [-0.25, -0.2) is 9.37 Å². The Morgan fingerprint density at radius 3 is 2.63 bits per heavy atom. The standard InChI is InChI=1S/C28H29F3N4O3/c1-5-35-24-19(14-28(31,26(35)37)16-38-6-2)11-20(15-33-24)22-13-21(8-7-17(22)3)34-25(36)18-9-10-32-23(12-18)27(4,29)30/h7-13,15H,5-6,14,16H2,1-4H3,(H,34,36). The van der Waals surface area contributed by atoms with E-state index >= 15 is 4.39 Å². The number of nitrogens with zero attached hydrogens (tertiary/aromatic N) is 3. The molecule has 0 spiro atoms. The summed E-state index contributed by atoms with van der Waals surface area (Å²) in [6.07, 6.45) is 2.61. The van der Waals surface area contributed by atoms with E-state index in [2.05, 4.69) is 15.3 Å². The first-order valence-corrected chi connectivity index (χ1v) is 12.3. The molecule has 10 heteroatoms. The highest BCUT2D eigenvalue weighted by atomic mass is 19.3. The van der Waals surface area contributed by atoms with Crippen LogP contribution in [0.1, 0.15) is 48.0 Å². The molecule has 200 valence electrons. The lowest BCUT2D eigenvalue weighted by Crippen LogP contribution is -2.54. The van der Waals surface area contributed by atoms with Gasteiger partial charge in [0, 0.05) is 55.7 Å². The number of hydrogen-bond donors (Lipinski definition) is 1. The molecule has 1 unspecified atom stereocenters. The third-order valence-corrected chi connectivity index (χ3v) is 6.43. The summed E-state index contributed by atoms with van der Waals surface area (Å²) in [6.45, 7) is 6.30. The van der Waals surface area contributed by atoms with Crippen LogP contribution in [0.2, 0.25) is 0 Å². The van der Waals surface area contributed by atoms with E-state index < -0.39 is 29.1 Å². The SMILES string of the molecule is CCOCC1(F)Cc2cc(-c3cc(NC(=O)c4ccnc(C(C)(F)F)c4)ccc3C)cnc2N(CC)C1=O. The van der Waals surface area contributed by atoms with E-state index in [-0.39, 0.29) is 31.7 Å². The number of aromatic nitrogens is 2. The molecule has 1 aliphatic heterocycles. The van der Waals surface area contributed by atoms with Gasteiger partial charge in [0.2, 0.25) is 5.67 Å². The Bertz CT molecular complexity index is 1380. The zero-order valence-corrected chi connectivity index (χ0v) is 21.6. The Kier molecular flexibility index (Phi) is 7.55. The minimum Gasteiger partial charge on any atom is -0.378 e. The zero-order valence-electron chi connectivity index (χ0n) is 21.6. The maximum absolute atomic E-state index is 15.7. The number of alkyl halides is 3. The van der Waals surface area contributed by atoms with Crippen molar-refractivity contribution in [1.82, 2.24) is 9.97 Å². The average molecular weight is 527 g/mol. The van der Waals surface area contributed by atoms with Crippen LogP contribution in [0.5, 0.6) is 0 Å². The zero-order chi connectivity index (χ0) is 27.7. The molecule has 0 saturated carbocycles. The molecule has 0 fully saturated rings. The lowest BCUT2D eigenvalue weighted by atomic mass is 9.89. The maximum Gasteiger partial charge on any atom is 0.286 e. The number of fused-ring (bicyclic) bond motifs is 1. The smallest absolute Gasteiger partial charge is 0.286 e. The molecule has 3 aromatic rings. The number of hydrogen-bond acceptors (Lipinski definition) is 5. The summed E-state index contributed by atoms with van der Waals surface area (Å²) in [5, 5.41) is 2.73. The fourth-order valence-corrected chi connectivity index (χ4v) is 4.43. The first-order chi connectivity index (χ1) is 18.0. The molecule has 0 radical (unpaired) electrons. The summed E-state index contributed by atoms with van der Waals surface area (Å²) < 4.78 is 48.3. The first-order valence-electron chi connectivity index (χ1n) is 12.3. The van der Waals surface area contributed by atoms with Gasteiger partial charge >= 0.3 is 0 Å². The van der Waals surface area contributed by atoms with Crippen molar-refractivity contribution < 1.29 is 27.5 Å². The predicted molar refractivity (Wildman–Crippen MR) is 138 cm³/mol. The van der Waals surface area contributed by atoms with Crippen molar-refractivity contribution in [2.75, 3.05) is 30.0 Å². The Morgan fingerprint density at radius 2 is 1.95 bits per heavy atom. The van der Waals surface area contributed by atoms with Crippen molar-refractivity contribution in [3.05, 3.63) is 71.2 Å². The molecule has 2 aromatic heterocycles. The molecule has 4 rings (SSSR count). The topological polar surface area (TPSA) is 84.4 Å². The number of aryl methyl sites for hydroxylation is 1. The molecule has 0 aliphatic carbocycles. The summed E-state index contributed by atoms with van der Waals surface area (Å²) in [7, 11) is 0. The van der Waals surface area contributed by atoms with E-state index in [9.17, 15) is 18.4 Å². The van der Waals surface area contributed by atoms with Gasteiger partial charge in [0.15, 0.2) is 0 Å². The van der Waals surface area contributed by atoms with Crippen LogP contribution in [0.25, 0.3) is 11.1 Å². The lowest BCUT2D eigenvalue weighted by molar-refractivity contribution is -0.135. The molecule has 3 heterocycles. The van der Waals surface area contributed by atoms with Gasteiger partial charge in [-0.15, -0.1) is 0 Å². The summed E-state index contributed by atoms with van der Waals surface area (Å²) in [4.78, 5) is 35.1. The van der Waals surface area contributed by atoms with Crippen molar-refractivity contribution in [2.45, 2.75) is 45.7 Å². The van der Waals surface area contributed by atoms with E-state index in [0.29, 0.717) is 22.6 Å². The van der Waals surface area contributed by atoms with Crippen molar-refractivity contribution in [3.8, 4) is 11.1 Å². The number of pyridine rings is 2. The molecule has 1 N–H and O–H groups in total. The van der Waals surface area contributed by atoms with Crippen LogP contribution >= 0.6 is 0 Å². The largest absolute Gasteiger partial charge is 0.378 e. The van der Waals surface area contributed by atoms with Gasteiger partial charge in [-0.3, -0.25) is 19.5 Å². The van der Waals surface area contributed by atoms with Crippen molar-refractivity contribution in [2.24, 2.45) is 0 Å². The molecule has 2 amide bonds. The normalized spacial score (nSPS) is 17.3. The second kappa shape index (κ2) is 10.5. The highest BCUT2D eigenvalue weighted by Gasteiger charge is 2.47. The van der Waals surface area contributed by atoms with Crippen LogP contribution < -0.4 is 10.2 Å². The summed E-state index contributed by atoms with van der Waals surface area (Å²) in [5.74, 6) is -3.99. The van der Waals surface area contributed by atoms with Crippen LogP contribution in [0.15, 0.2) is 48.8 Å². The second-order valence-electron chi connectivity index (χ2n) is 9.34. The van der Waals surface area contributed by atoms with Crippen LogP contribution in [0, 0.1) is 6.92 Å². The number of carbonyl (C=O) groups is 2. The Morgan fingerprint density at radius 1 is 1.18 bits per heavy atom. The number of ether oxygens (including phenoxy) is 1. The van der Waals surface area contributed by atoms with E-state index in [4.69, 9.17) is 4.74 Å². The monoisotopic (exact) mass is 526 g/mol. The predicted octanol–water partition coefficient (Wildman–Crippen LogP) is 5.47. The minimum atomic E-state index is -3.18. The van der Waals surface area contributed by atoms with Crippen molar-refractivity contribution in [3.63, 3.8) is 0 Å². The molecule has 1 aromatic carbocycles. The van der Waals surface area contributed by atoms with Gasteiger partial charge in [-0.2, -0.15) is 8.78 Å². The third kappa shape index (κ3) is 5.40. The quantitative estimate of drug-likeness (QED) is 0.421. The number of anilines is 2.